The van der Waals surface area contributed by atoms with Crippen molar-refractivity contribution < 1.29 is 9.53 Å². The van der Waals surface area contributed by atoms with Crippen molar-refractivity contribution >= 4 is 32.8 Å². The highest BCUT2D eigenvalue weighted by Crippen LogP contribution is 2.32. The monoisotopic (exact) mass is 261 g/mol. The fourth-order valence-electron chi connectivity index (χ4n) is 2.30. The van der Waals surface area contributed by atoms with Crippen LogP contribution < -0.4 is 4.90 Å². The standard InChI is InChI=1S/C14H15NO2S/c16-10-15(9-12-5-3-7-17-12)14-8-11-4-1-2-6-13(11)18-14/h1-2,4,6,8,10,12H,3,5,7,9H2. The zero-order valence-electron chi connectivity index (χ0n) is 10.0. The van der Waals surface area contributed by atoms with E-state index in [9.17, 15) is 4.79 Å². The fourth-order valence-corrected chi connectivity index (χ4v) is 3.34. The highest BCUT2D eigenvalue weighted by Gasteiger charge is 2.20. The molecule has 0 spiro atoms. The molecule has 1 aliphatic rings. The summed E-state index contributed by atoms with van der Waals surface area (Å²) in [6, 6.07) is 10.3. The molecule has 1 unspecified atom stereocenters. The zero-order valence-corrected chi connectivity index (χ0v) is 10.9. The van der Waals surface area contributed by atoms with Gasteiger partial charge in [0, 0.05) is 11.3 Å². The summed E-state index contributed by atoms with van der Waals surface area (Å²) in [5, 5.41) is 2.19. The van der Waals surface area contributed by atoms with Crippen LogP contribution >= 0.6 is 11.3 Å². The molecule has 0 bridgehead atoms. The van der Waals surface area contributed by atoms with E-state index in [-0.39, 0.29) is 6.10 Å². The van der Waals surface area contributed by atoms with Crippen LogP contribution in [0.1, 0.15) is 12.8 Å². The van der Waals surface area contributed by atoms with Crippen LogP contribution in [-0.2, 0) is 9.53 Å². The van der Waals surface area contributed by atoms with Crippen LogP contribution in [0.3, 0.4) is 0 Å². The molecule has 94 valence electrons. The van der Waals surface area contributed by atoms with Gasteiger partial charge in [0.1, 0.15) is 0 Å². The third kappa shape index (κ3) is 2.26. The van der Waals surface area contributed by atoms with Crippen LogP contribution in [0.2, 0.25) is 0 Å². The average Bonchev–Trinajstić information content (AvgIpc) is 3.04. The van der Waals surface area contributed by atoms with Crippen molar-refractivity contribution in [2.24, 2.45) is 0 Å². The average molecular weight is 261 g/mol. The molecule has 0 aliphatic carbocycles. The molecule has 18 heavy (non-hydrogen) atoms. The first-order valence-corrected chi connectivity index (χ1v) is 7.00. The first-order valence-electron chi connectivity index (χ1n) is 6.19. The molecule has 2 aromatic rings. The van der Waals surface area contributed by atoms with Gasteiger partial charge in [-0.3, -0.25) is 4.79 Å². The first-order chi connectivity index (χ1) is 8.86. The number of carbonyl (C=O) groups excluding carboxylic acids is 1. The number of amides is 1. The van der Waals surface area contributed by atoms with Gasteiger partial charge >= 0.3 is 0 Å². The summed E-state index contributed by atoms with van der Waals surface area (Å²) in [6.45, 7) is 1.49. The number of carbonyl (C=O) groups is 1. The number of anilines is 1. The number of benzene rings is 1. The molecule has 3 nitrogen and oxygen atoms in total. The Morgan fingerprint density at radius 2 is 2.33 bits per heavy atom. The summed E-state index contributed by atoms with van der Waals surface area (Å²) in [5.41, 5.74) is 0. The maximum Gasteiger partial charge on any atom is 0.214 e. The topological polar surface area (TPSA) is 29.5 Å². The number of hydrogen-bond donors (Lipinski definition) is 0. The lowest BCUT2D eigenvalue weighted by atomic mass is 10.2. The first kappa shape index (κ1) is 11.7. The summed E-state index contributed by atoms with van der Waals surface area (Å²) in [6.07, 6.45) is 3.26. The van der Waals surface area contributed by atoms with Crippen molar-refractivity contribution in [3.8, 4) is 0 Å². The second kappa shape index (κ2) is 5.08. The van der Waals surface area contributed by atoms with Gasteiger partial charge in [0.2, 0.25) is 6.41 Å². The van der Waals surface area contributed by atoms with Crippen LogP contribution in [-0.4, -0.2) is 25.7 Å². The third-order valence-corrected chi connectivity index (χ3v) is 4.40. The number of rotatable bonds is 4. The van der Waals surface area contributed by atoms with E-state index >= 15 is 0 Å². The van der Waals surface area contributed by atoms with Gasteiger partial charge in [-0.15, -0.1) is 11.3 Å². The fraction of sp³-hybridized carbons (Fsp3) is 0.357. The molecule has 1 aromatic heterocycles. The molecule has 1 aromatic carbocycles. The molecule has 1 fully saturated rings. The van der Waals surface area contributed by atoms with Gasteiger partial charge in [-0.05, 0) is 30.4 Å². The second-order valence-electron chi connectivity index (χ2n) is 4.52. The minimum Gasteiger partial charge on any atom is -0.376 e. The summed E-state index contributed by atoms with van der Waals surface area (Å²) >= 11 is 1.65. The highest BCUT2D eigenvalue weighted by molar-refractivity contribution is 7.22. The van der Waals surface area contributed by atoms with E-state index in [1.807, 2.05) is 12.1 Å². The molecule has 1 atom stereocenters. The lowest BCUT2D eigenvalue weighted by Gasteiger charge is -2.18. The van der Waals surface area contributed by atoms with Crippen molar-refractivity contribution in [3.63, 3.8) is 0 Å². The highest BCUT2D eigenvalue weighted by atomic mass is 32.1. The maximum atomic E-state index is 11.2. The smallest absolute Gasteiger partial charge is 0.214 e. The van der Waals surface area contributed by atoms with Gasteiger partial charge < -0.3 is 9.64 Å². The Hall–Kier alpha value is -1.39. The SMILES string of the molecule is O=CN(CC1CCCO1)c1cc2ccccc2s1. The van der Waals surface area contributed by atoms with E-state index in [1.54, 1.807) is 16.2 Å². The quantitative estimate of drug-likeness (QED) is 0.792. The Kier molecular flexibility index (Phi) is 3.30. The van der Waals surface area contributed by atoms with Gasteiger partial charge in [-0.2, -0.15) is 0 Å². The molecule has 0 radical (unpaired) electrons. The Labute approximate surface area is 110 Å². The Balaban J connectivity index is 1.83. The summed E-state index contributed by atoms with van der Waals surface area (Å²) < 4.78 is 6.80. The number of nitrogens with zero attached hydrogens (tertiary/aromatic N) is 1. The van der Waals surface area contributed by atoms with Crippen molar-refractivity contribution in [2.75, 3.05) is 18.1 Å². The van der Waals surface area contributed by atoms with E-state index < -0.39 is 0 Å². The molecule has 4 heteroatoms. The van der Waals surface area contributed by atoms with E-state index in [0.717, 1.165) is 30.9 Å². The Bertz CT molecular complexity index is 512. The summed E-state index contributed by atoms with van der Waals surface area (Å²) in [5.74, 6) is 0. The van der Waals surface area contributed by atoms with E-state index in [2.05, 4.69) is 18.2 Å². The summed E-state index contributed by atoms with van der Waals surface area (Å²) in [7, 11) is 0. The van der Waals surface area contributed by atoms with Crippen LogP contribution in [0.4, 0.5) is 5.00 Å². The minimum absolute atomic E-state index is 0.195. The normalized spacial score (nSPS) is 19.2. The molecule has 0 N–H and O–H groups in total. The van der Waals surface area contributed by atoms with Crippen LogP contribution in [0.15, 0.2) is 30.3 Å². The predicted octanol–water partition coefficient (Wildman–Crippen LogP) is 3.04. The lowest BCUT2D eigenvalue weighted by Crippen LogP contribution is -2.30. The second-order valence-corrected chi connectivity index (χ2v) is 5.58. The zero-order chi connectivity index (χ0) is 12.4. The molecule has 2 heterocycles. The number of thiophene rings is 1. The number of fused-ring (bicyclic) bond motifs is 1. The van der Waals surface area contributed by atoms with Crippen LogP contribution in [0.5, 0.6) is 0 Å². The minimum atomic E-state index is 0.195. The van der Waals surface area contributed by atoms with Gasteiger partial charge in [0.25, 0.3) is 0 Å². The van der Waals surface area contributed by atoms with Gasteiger partial charge in [-0.25, -0.2) is 0 Å². The van der Waals surface area contributed by atoms with Gasteiger partial charge in [0.15, 0.2) is 0 Å². The molecule has 1 amide bonds. The Morgan fingerprint density at radius 1 is 1.44 bits per heavy atom. The van der Waals surface area contributed by atoms with Crippen molar-refractivity contribution in [3.05, 3.63) is 30.3 Å². The number of hydrogen-bond acceptors (Lipinski definition) is 3. The van der Waals surface area contributed by atoms with E-state index in [4.69, 9.17) is 4.74 Å². The molecule has 1 saturated heterocycles. The van der Waals surface area contributed by atoms with E-state index in [0.29, 0.717) is 6.54 Å². The molecule has 0 saturated carbocycles. The molecular weight excluding hydrogens is 246 g/mol. The molecule has 3 rings (SSSR count). The third-order valence-electron chi connectivity index (χ3n) is 3.25. The van der Waals surface area contributed by atoms with Gasteiger partial charge in [-0.1, -0.05) is 18.2 Å². The maximum absolute atomic E-state index is 11.2. The van der Waals surface area contributed by atoms with Gasteiger partial charge in [0.05, 0.1) is 17.6 Å². The Morgan fingerprint density at radius 3 is 3.06 bits per heavy atom. The lowest BCUT2D eigenvalue weighted by molar-refractivity contribution is -0.107. The van der Waals surface area contributed by atoms with Crippen LogP contribution in [0, 0.1) is 0 Å². The van der Waals surface area contributed by atoms with Crippen molar-refractivity contribution in [1.82, 2.24) is 0 Å². The molecular formula is C14H15NO2S. The number of ether oxygens (including phenoxy) is 1. The van der Waals surface area contributed by atoms with Crippen molar-refractivity contribution in [1.29, 1.82) is 0 Å². The molecule has 1 aliphatic heterocycles. The summed E-state index contributed by atoms with van der Waals surface area (Å²) in [4.78, 5) is 13.0. The van der Waals surface area contributed by atoms with E-state index in [1.165, 1.54) is 10.1 Å². The largest absolute Gasteiger partial charge is 0.376 e. The predicted molar refractivity (Wildman–Crippen MR) is 74.2 cm³/mol. The van der Waals surface area contributed by atoms with Crippen molar-refractivity contribution in [2.45, 2.75) is 18.9 Å². The van der Waals surface area contributed by atoms with Crippen LogP contribution in [0.25, 0.3) is 10.1 Å².